The van der Waals surface area contributed by atoms with E-state index in [2.05, 4.69) is 10.2 Å². The maximum absolute atomic E-state index is 13.5. The molecular formula is C16H11Cl2FN2O2S. The van der Waals surface area contributed by atoms with Crippen LogP contribution in [-0.2, 0) is 12.4 Å². The summed E-state index contributed by atoms with van der Waals surface area (Å²) >= 11 is 13.3. The zero-order chi connectivity index (χ0) is 16.9. The fraction of sp³-hybridized carbons (Fsp3) is 0.125. The van der Waals surface area contributed by atoms with Gasteiger partial charge in [-0.25, -0.2) is 4.39 Å². The Balaban J connectivity index is 1.56. The lowest BCUT2D eigenvalue weighted by atomic mass is 10.2. The number of benzene rings is 2. The third-order valence-corrected chi connectivity index (χ3v) is 4.46. The number of hydrogen-bond acceptors (Lipinski definition) is 5. The number of thioether (sulfide) groups is 1. The van der Waals surface area contributed by atoms with Crippen molar-refractivity contribution >= 4 is 35.0 Å². The second-order valence-electron chi connectivity index (χ2n) is 4.71. The minimum Gasteiger partial charge on any atom is -0.481 e. The number of ether oxygens (including phenoxy) is 1. The molecule has 0 spiro atoms. The molecule has 8 heteroatoms. The Labute approximate surface area is 151 Å². The van der Waals surface area contributed by atoms with Gasteiger partial charge in [0.25, 0.3) is 11.1 Å². The summed E-state index contributed by atoms with van der Waals surface area (Å²) in [4.78, 5) is 0. The van der Waals surface area contributed by atoms with Crippen LogP contribution in [0, 0.1) is 5.82 Å². The molecule has 0 atom stereocenters. The Morgan fingerprint density at radius 3 is 2.75 bits per heavy atom. The number of halogens is 3. The first-order valence-electron chi connectivity index (χ1n) is 6.88. The first-order valence-corrected chi connectivity index (χ1v) is 8.62. The van der Waals surface area contributed by atoms with Crippen molar-refractivity contribution in [3.63, 3.8) is 0 Å². The van der Waals surface area contributed by atoms with Crippen molar-refractivity contribution in [3.8, 4) is 5.75 Å². The van der Waals surface area contributed by atoms with Crippen LogP contribution in [0.1, 0.15) is 11.5 Å². The van der Waals surface area contributed by atoms with Gasteiger partial charge in [0.05, 0.1) is 0 Å². The molecule has 4 nitrogen and oxygen atoms in total. The molecular weight excluding hydrogens is 374 g/mol. The van der Waals surface area contributed by atoms with Crippen molar-refractivity contribution in [2.24, 2.45) is 0 Å². The topological polar surface area (TPSA) is 48.2 Å². The first kappa shape index (κ1) is 17.1. The molecule has 0 saturated heterocycles. The number of hydrogen-bond donors (Lipinski definition) is 0. The molecule has 3 aromatic rings. The van der Waals surface area contributed by atoms with Crippen LogP contribution >= 0.6 is 35.0 Å². The van der Waals surface area contributed by atoms with E-state index in [1.807, 2.05) is 6.07 Å². The van der Waals surface area contributed by atoms with Crippen LogP contribution in [-0.4, -0.2) is 10.2 Å². The van der Waals surface area contributed by atoms with Crippen molar-refractivity contribution < 1.29 is 13.5 Å². The van der Waals surface area contributed by atoms with Gasteiger partial charge in [-0.1, -0.05) is 53.2 Å². The normalized spacial score (nSPS) is 10.8. The third-order valence-electron chi connectivity index (χ3n) is 3.00. The lowest BCUT2D eigenvalue weighted by Crippen LogP contribution is -1.97. The van der Waals surface area contributed by atoms with E-state index in [0.717, 1.165) is 5.56 Å². The number of nitrogens with zero attached hydrogens (tertiary/aromatic N) is 2. The highest BCUT2D eigenvalue weighted by molar-refractivity contribution is 7.98. The summed E-state index contributed by atoms with van der Waals surface area (Å²) in [6, 6.07) is 11.4. The first-order chi connectivity index (χ1) is 11.6. The van der Waals surface area contributed by atoms with Crippen LogP contribution in [0.25, 0.3) is 0 Å². The van der Waals surface area contributed by atoms with E-state index in [1.54, 1.807) is 24.3 Å². The molecule has 3 rings (SSSR count). The largest absolute Gasteiger partial charge is 0.481 e. The average molecular weight is 385 g/mol. The molecule has 0 aliphatic heterocycles. The number of rotatable bonds is 6. The fourth-order valence-corrected chi connectivity index (χ4v) is 3.17. The van der Waals surface area contributed by atoms with Crippen LogP contribution in [0.4, 0.5) is 4.39 Å². The van der Waals surface area contributed by atoms with Gasteiger partial charge in [-0.3, -0.25) is 0 Å². The van der Waals surface area contributed by atoms with E-state index < -0.39 is 5.82 Å². The van der Waals surface area contributed by atoms with Gasteiger partial charge in [-0.2, -0.15) is 0 Å². The third kappa shape index (κ3) is 4.41. The van der Waals surface area contributed by atoms with Crippen LogP contribution in [0.5, 0.6) is 5.75 Å². The Bertz CT molecular complexity index is 844. The smallest absolute Gasteiger partial charge is 0.277 e. The molecule has 0 amide bonds. The Morgan fingerprint density at radius 2 is 1.96 bits per heavy atom. The van der Waals surface area contributed by atoms with Gasteiger partial charge in [0.15, 0.2) is 18.2 Å². The lowest BCUT2D eigenvalue weighted by Gasteiger charge is -2.03. The van der Waals surface area contributed by atoms with E-state index in [0.29, 0.717) is 21.0 Å². The SMILES string of the molecule is Fc1ccccc1OCc1nnc(SCc2ccc(Cl)cc2Cl)o1. The molecule has 1 heterocycles. The van der Waals surface area contributed by atoms with E-state index >= 15 is 0 Å². The monoisotopic (exact) mass is 384 g/mol. The van der Waals surface area contributed by atoms with Gasteiger partial charge in [-0.05, 0) is 29.8 Å². The molecule has 0 N–H and O–H groups in total. The minimum atomic E-state index is -0.441. The molecule has 0 aliphatic carbocycles. The van der Waals surface area contributed by atoms with Gasteiger partial charge in [-0.15, -0.1) is 10.2 Å². The second-order valence-corrected chi connectivity index (χ2v) is 6.48. The zero-order valence-corrected chi connectivity index (χ0v) is 14.5. The summed E-state index contributed by atoms with van der Waals surface area (Å²) in [6.07, 6.45) is 0. The molecule has 2 aromatic carbocycles. The summed E-state index contributed by atoms with van der Waals surface area (Å²) in [6.45, 7) is -0.00378. The van der Waals surface area contributed by atoms with Crippen molar-refractivity contribution in [3.05, 3.63) is 69.8 Å². The van der Waals surface area contributed by atoms with E-state index in [1.165, 1.54) is 23.9 Å². The molecule has 0 bridgehead atoms. The molecule has 0 saturated carbocycles. The lowest BCUT2D eigenvalue weighted by molar-refractivity contribution is 0.242. The van der Waals surface area contributed by atoms with E-state index in [9.17, 15) is 4.39 Å². The number of aromatic nitrogens is 2. The summed E-state index contributed by atoms with van der Waals surface area (Å²) in [7, 11) is 0. The van der Waals surface area contributed by atoms with Crippen LogP contribution in [0.15, 0.2) is 52.1 Å². The van der Waals surface area contributed by atoms with Crippen LogP contribution in [0.3, 0.4) is 0 Å². The summed E-state index contributed by atoms with van der Waals surface area (Å²) in [5.41, 5.74) is 0.911. The molecule has 24 heavy (non-hydrogen) atoms. The predicted molar refractivity (Wildman–Crippen MR) is 91.1 cm³/mol. The van der Waals surface area contributed by atoms with Crippen molar-refractivity contribution in [1.82, 2.24) is 10.2 Å². The fourth-order valence-electron chi connectivity index (χ4n) is 1.83. The van der Waals surface area contributed by atoms with Gasteiger partial charge >= 0.3 is 0 Å². The summed E-state index contributed by atoms with van der Waals surface area (Å²) in [5.74, 6) is 0.524. The highest BCUT2D eigenvalue weighted by atomic mass is 35.5. The molecule has 124 valence electrons. The molecule has 0 radical (unpaired) electrons. The molecule has 1 aromatic heterocycles. The second kappa shape index (κ2) is 7.88. The molecule has 0 aliphatic rings. The zero-order valence-electron chi connectivity index (χ0n) is 12.2. The Hall–Kier alpha value is -1.76. The maximum atomic E-state index is 13.5. The highest BCUT2D eigenvalue weighted by Gasteiger charge is 2.10. The summed E-state index contributed by atoms with van der Waals surface area (Å²) in [5, 5.41) is 9.33. The van der Waals surface area contributed by atoms with E-state index in [-0.39, 0.29) is 18.2 Å². The Morgan fingerprint density at radius 1 is 1.12 bits per heavy atom. The highest BCUT2D eigenvalue weighted by Crippen LogP contribution is 2.28. The molecule has 0 fully saturated rings. The predicted octanol–water partition coefficient (Wildman–Crippen LogP) is 5.39. The summed E-state index contributed by atoms with van der Waals surface area (Å²) < 4.78 is 24.2. The number of para-hydroxylation sites is 1. The van der Waals surface area contributed by atoms with Crippen molar-refractivity contribution in [2.75, 3.05) is 0 Å². The van der Waals surface area contributed by atoms with Crippen molar-refractivity contribution in [2.45, 2.75) is 17.6 Å². The van der Waals surface area contributed by atoms with Crippen LogP contribution < -0.4 is 4.74 Å². The average Bonchev–Trinajstić information content (AvgIpc) is 3.01. The van der Waals surface area contributed by atoms with Gasteiger partial charge in [0.1, 0.15) is 0 Å². The quantitative estimate of drug-likeness (QED) is 0.533. The van der Waals surface area contributed by atoms with Gasteiger partial charge in [0, 0.05) is 15.8 Å². The standard InChI is InChI=1S/C16H11Cl2FN2O2S/c17-11-6-5-10(12(18)7-11)9-24-16-21-20-15(23-16)8-22-14-4-2-1-3-13(14)19/h1-7H,8-9H2. The van der Waals surface area contributed by atoms with Gasteiger partial charge in [0.2, 0.25) is 0 Å². The van der Waals surface area contributed by atoms with E-state index in [4.69, 9.17) is 32.4 Å². The van der Waals surface area contributed by atoms with Gasteiger partial charge < -0.3 is 9.15 Å². The molecule has 0 unspecified atom stereocenters. The maximum Gasteiger partial charge on any atom is 0.277 e. The minimum absolute atomic E-state index is 0.00378. The van der Waals surface area contributed by atoms with Crippen molar-refractivity contribution in [1.29, 1.82) is 0 Å². The van der Waals surface area contributed by atoms with Crippen LogP contribution in [0.2, 0.25) is 10.0 Å². The Kier molecular flexibility index (Phi) is 5.60.